The van der Waals surface area contributed by atoms with E-state index in [1.807, 2.05) is 36.4 Å². The van der Waals surface area contributed by atoms with Crippen LogP contribution in [0, 0.1) is 25.5 Å². The Morgan fingerprint density at radius 3 is 2.03 bits per heavy atom. The van der Waals surface area contributed by atoms with Gasteiger partial charge in [0.25, 0.3) is 0 Å². The Labute approximate surface area is 170 Å². The van der Waals surface area contributed by atoms with Crippen molar-refractivity contribution in [2.24, 2.45) is 0 Å². The summed E-state index contributed by atoms with van der Waals surface area (Å²) in [4.78, 5) is 0. The van der Waals surface area contributed by atoms with Gasteiger partial charge in [-0.05, 0) is 83.3 Å². The maximum absolute atomic E-state index is 14.8. The fourth-order valence-corrected chi connectivity index (χ4v) is 4.99. The summed E-state index contributed by atoms with van der Waals surface area (Å²) < 4.78 is 29.5. The summed E-state index contributed by atoms with van der Waals surface area (Å²) in [6.07, 6.45) is 6.16. The summed E-state index contributed by atoms with van der Waals surface area (Å²) >= 11 is 0. The van der Waals surface area contributed by atoms with Crippen molar-refractivity contribution < 1.29 is 8.78 Å². The van der Waals surface area contributed by atoms with Crippen LogP contribution >= 0.6 is 0 Å². The Morgan fingerprint density at radius 2 is 1.41 bits per heavy atom. The van der Waals surface area contributed by atoms with Gasteiger partial charge in [-0.2, -0.15) is 0 Å². The third-order valence-electron chi connectivity index (χ3n) is 6.45. The first-order chi connectivity index (χ1) is 14.0. The monoisotopic (exact) mass is 384 g/mol. The van der Waals surface area contributed by atoms with E-state index in [1.54, 1.807) is 26.0 Å². The van der Waals surface area contributed by atoms with E-state index in [2.05, 4.69) is 24.3 Å². The van der Waals surface area contributed by atoms with E-state index in [1.165, 1.54) is 11.1 Å². The van der Waals surface area contributed by atoms with Crippen LogP contribution < -0.4 is 0 Å². The quantitative estimate of drug-likeness (QED) is 0.445. The standard InChI is InChI=1S/C27H22F2/c1-17-11-13-19(15-25(17)28)27(20-14-12-18(2)26(29)16-20)23-9-5-3-7-21(23)22-8-4-6-10-24(22)27/h3-5,7-9,11-16H,6,10H2,1-2H3. The molecule has 0 aromatic heterocycles. The highest BCUT2D eigenvalue weighted by Crippen LogP contribution is 2.57. The minimum atomic E-state index is -0.681. The van der Waals surface area contributed by atoms with Crippen LogP contribution in [0.15, 0.2) is 78.4 Å². The molecule has 0 saturated carbocycles. The van der Waals surface area contributed by atoms with E-state index in [4.69, 9.17) is 0 Å². The number of hydrogen-bond acceptors (Lipinski definition) is 0. The maximum Gasteiger partial charge on any atom is 0.126 e. The largest absolute Gasteiger partial charge is 0.207 e. The molecule has 2 aliphatic carbocycles. The molecule has 29 heavy (non-hydrogen) atoms. The van der Waals surface area contributed by atoms with Crippen molar-refractivity contribution >= 4 is 5.57 Å². The lowest BCUT2D eigenvalue weighted by Crippen LogP contribution is -2.30. The highest BCUT2D eigenvalue weighted by atomic mass is 19.1. The fourth-order valence-electron chi connectivity index (χ4n) is 4.99. The van der Waals surface area contributed by atoms with Crippen LogP contribution in [-0.4, -0.2) is 0 Å². The molecule has 144 valence electrons. The second-order valence-electron chi connectivity index (χ2n) is 8.06. The molecule has 3 aromatic carbocycles. The number of rotatable bonds is 2. The van der Waals surface area contributed by atoms with Gasteiger partial charge in [-0.15, -0.1) is 0 Å². The molecule has 0 nitrogen and oxygen atoms in total. The predicted molar refractivity (Wildman–Crippen MR) is 114 cm³/mol. The van der Waals surface area contributed by atoms with Crippen molar-refractivity contribution in [3.63, 3.8) is 0 Å². The van der Waals surface area contributed by atoms with Crippen LogP contribution in [0.25, 0.3) is 5.57 Å². The van der Waals surface area contributed by atoms with Gasteiger partial charge in [0.05, 0.1) is 5.41 Å². The summed E-state index contributed by atoms with van der Waals surface area (Å²) in [6.45, 7) is 3.54. The average molecular weight is 384 g/mol. The zero-order valence-electron chi connectivity index (χ0n) is 16.6. The third-order valence-corrected chi connectivity index (χ3v) is 6.45. The lowest BCUT2D eigenvalue weighted by atomic mass is 9.65. The highest BCUT2D eigenvalue weighted by Gasteiger charge is 2.47. The summed E-state index contributed by atoms with van der Waals surface area (Å²) in [5.41, 5.74) is 6.93. The van der Waals surface area contributed by atoms with Gasteiger partial charge in [0.2, 0.25) is 0 Å². The van der Waals surface area contributed by atoms with Crippen LogP contribution in [0.4, 0.5) is 8.78 Å². The summed E-state index contributed by atoms with van der Waals surface area (Å²) in [5, 5.41) is 0. The fraction of sp³-hybridized carbons (Fsp3) is 0.185. The van der Waals surface area contributed by atoms with Crippen LogP contribution in [0.5, 0.6) is 0 Å². The zero-order chi connectivity index (χ0) is 20.2. The van der Waals surface area contributed by atoms with Gasteiger partial charge < -0.3 is 0 Å². The van der Waals surface area contributed by atoms with Gasteiger partial charge in [-0.3, -0.25) is 0 Å². The highest BCUT2D eigenvalue weighted by molar-refractivity contribution is 5.90. The summed E-state index contributed by atoms with van der Waals surface area (Å²) in [7, 11) is 0. The molecule has 0 saturated heterocycles. The maximum atomic E-state index is 14.8. The minimum absolute atomic E-state index is 0.229. The average Bonchev–Trinajstić information content (AvgIpc) is 3.04. The number of fused-ring (bicyclic) bond motifs is 2. The summed E-state index contributed by atoms with van der Waals surface area (Å²) in [5.74, 6) is -0.459. The molecule has 3 aromatic rings. The summed E-state index contributed by atoms with van der Waals surface area (Å²) in [6, 6.07) is 19.2. The van der Waals surface area contributed by atoms with E-state index in [0.717, 1.165) is 35.1 Å². The van der Waals surface area contributed by atoms with Gasteiger partial charge in [0, 0.05) is 0 Å². The molecule has 0 amide bonds. The SMILES string of the molecule is Cc1ccc(C2(c3ccc(C)c(F)c3)C3=C(C=CCC3)c3ccccc32)cc1F. The molecule has 0 N–H and O–H groups in total. The Kier molecular flexibility index (Phi) is 4.06. The number of allylic oxidation sites excluding steroid dienone is 4. The normalized spacial score (nSPS) is 16.7. The van der Waals surface area contributed by atoms with Gasteiger partial charge in [0.1, 0.15) is 11.6 Å². The van der Waals surface area contributed by atoms with Crippen molar-refractivity contribution in [3.8, 4) is 0 Å². The van der Waals surface area contributed by atoms with Gasteiger partial charge >= 0.3 is 0 Å². The minimum Gasteiger partial charge on any atom is -0.207 e. The topological polar surface area (TPSA) is 0 Å². The molecule has 0 atom stereocenters. The van der Waals surface area contributed by atoms with Crippen molar-refractivity contribution in [1.29, 1.82) is 0 Å². The van der Waals surface area contributed by atoms with Crippen molar-refractivity contribution in [2.75, 3.05) is 0 Å². The molecule has 0 aliphatic heterocycles. The van der Waals surface area contributed by atoms with Crippen molar-refractivity contribution in [1.82, 2.24) is 0 Å². The molecule has 5 rings (SSSR count). The Bertz CT molecular complexity index is 1150. The smallest absolute Gasteiger partial charge is 0.126 e. The van der Waals surface area contributed by atoms with Gasteiger partial charge in [-0.25, -0.2) is 8.78 Å². The van der Waals surface area contributed by atoms with E-state index in [-0.39, 0.29) is 11.6 Å². The first kappa shape index (κ1) is 18.1. The molecule has 0 heterocycles. The number of hydrogen-bond donors (Lipinski definition) is 0. The molecular weight excluding hydrogens is 362 g/mol. The van der Waals surface area contributed by atoms with Crippen LogP contribution in [0.2, 0.25) is 0 Å². The van der Waals surface area contributed by atoms with Crippen LogP contribution in [0.1, 0.15) is 46.2 Å². The number of benzene rings is 3. The molecule has 2 heteroatoms. The zero-order valence-corrected chi connectivity index (χ0v) is 16.6. The molecule has 2 aliphatic rings. The van der Waals surface area contributed by atoms with Gasteiger partial charge in [-0.1, -0.05) is 60.7 Å². The molecule has 0 unspecified atom stereocenters. The van der Waals surface area contributed by atoms with Crippen LogP contribution in [-0.2, 0) is 5.41 Å². The first-order valence-corrected chi connectivity index (χ1v) is 10.1. The van der Waals surface area contributed by atoms with E-state index in [9.17, 15) is 8.78 Å². The molecule has 0 spiro atoms. The van der Waals surface area contributed by atoms with Crippen LogP contribution in [0.3, 0.4) is 0 Å². The predicted octanol–water partition coefficient (Wildman–Crippen LogP) is 7.03. The van der Waals surface area contributed by atoms with E-state index >= 15 is 0 Å². The lowest BCUT2D eigenvalue weighted by molar-refractivity contribution is 0.599. The third kappa shape index (κ3) is 2.48. The molecule has 0 fully saturated rings. The van der Waals surface area contributed by atoms with E-state index in [0.29, 0.717) is 11.1 Å². The van der Waals surface area contributed by atoms with E-state index < -0.39 is 5.41 Å². The lowest BCUT2D eigenvalue weighted by Gasteiger charge is -2.36. The number of aryl methyl sites for hydroxylation is 2. The Morgan fingerprint density at radius 1 is 0.793 bits per heavy atom. The van der Waals surface area contributed by atoms with Gasteiger partial charge in [0.15, 0.2) is 0 Å². The molecular formula is C27H22F2. The Balaban J connectivity index is 1.93. The second-order valence-corrected chi connectivity index (χ2v) is 8.06. The molecule has 0 bridgehead atoms. The first-order valence-electron chi connectivity index (χ1n) is 10.1. The molecule has 0 radical (unpaired) electrons. The second kappa shape index (κ2) is 6.52. The van der Waals surface area contributed by atoms with Crippen molar-refractivity contribution in [2.45, 2.75) is 32.1 Å². The Hall–Kier alpha value is -3.00. The van der Waals surface area contributed by atoms with Crippen molar-refractivity contribution in [3.05, 3.63) is 123 Å². The number of halogens is 2.